The molecule has 0 spiro atoms. The maximum Gasteiger partial charge on any atom is 0.269 e. The second kappa shape index (κ2) is 11.0. The molecule has 1 amide bonds. The van der Waals surface area contributed by atoms with Crippen molar-refractivity contribution in [1.82, 2.24) is 15.3 Å². The van der Waals surface area contributed by atoms with Gasteiger partial charge in [0, 0.05) is 30.3 Å². The van der Waals surface area contributed by atoms with Crippen LogP contribution in [0.25, 0.3) is 0 Å². The van der Waals surface area contributed by atoms with Gasteiger partial charge in [0.05, 0.1) is 0 Å². The van der Waals surface area contributed by atoms with Crippen molar-refractivity contribution in [1.29, 1.82) is 5.41 Å². The lowest BCUT2D eigenvalue weighted by atomic mass is 10.1. The van der Waals surface area contributed by atoms with Gasteiger partial charge >= 0.3 is 0 Å². The maximum absolute atomic E-state index is 14.9. The van der Waals surface area contributed by atoms with Crippen molar-refractivity contribution in [3.8, 4) is 23.3 Å². The van der Waals surface area contributed by atoms with Crippen molar-refractivity contribution < 1.29 is 23.8 Å². The first-order valence-corrected chi connectivity index (χ1v) is 9.26. The van der Waals surface area contributed by atoms with Crippen molar-refractivity contribution >= 4 is 23.2 Å². The summed E-state index contributed by atoms with van der Waals surface area (Å²) < 4.78 is 26.0. The van der Waals surface area contributed by atoms with E-state index in [-0.39, 0.29) is 22.9 Å². The summed E-state index contributed by atoms with van der Waals surface area (Å²) >= 11 is 6.06. The molecule has 31 heavy (non-hydrogen) atoms. The van der Waals surface area contributed by atoms with E-state index in [0.717, 1.165) is 13.4 Å². The zero-order valence-electron chi connectivity index (χ0n) is 16.9. The van der Waals surface area contributed by atoms with Crippen LogP contribution in [0.15, 0.2) is 48.8 Å². The molecule has 8 nitrogen and oxygen atoms in total. The Kier molecular flexibility index (Phi) is 8.42. The van der Waals surface area contributed by atoms with Crippen molar-refractivity contribution in [2.75, 3.05) is 14.2 Å². The van der Waals surface area contributed by atoms with Gasteiger partial charge in [-0.1, -0.05) is 29.8 Å². The van der Waals surface area contributed by atoms with Gasteiger partial charge in [-0.15, -0.1) is 0 Å². The van der Waals surface area contributed by atoms with Gasteiger partial charge in [-0.25, -0.2) is 0 Å². The van der Waals surface area contributed by atoms with E-state index in [1.165, 1.54) is 19.2 Å². The minimum Gasteiger partial charge on any atom is -0.436 e. The quantitative estimate of drug-likeness (QED) is 0.494. The summed E-state index contributed by atoms with van der Waals surface area (Å²) in [6.45, 7) is 1.73. The number of nitrogens with zero attached hydrogens (tertiary/aromatic N) is 2. The molecule has 2 aromatic carbocycles. The average Bonchev–Trinajstić information content (AvgIpc) is 2.80. The molecule has 0 saturated carbocycles. The summed E-state index contributed by atoms with van der Waals surface area (Å²) in [7, 11) is 2.41. The van der Waals surface area contributed by atoms with Crippen molar-refractivity contribution in [3.05, 3.63) is 70.8 Å². The Morgan fingerprint density at radius 2 is 1.65 bits per heavy atom. The summed E-state index contributed by atoms with van der Waals surface area (Å²) in [5.74, 6) is -1.88. The van der Waals surface area contributed by atoms with Gasteiger partial charge in [0.1, 0.15) is 23.5 Å². The van der Waals surface area contributed by atoms with Gasteiger partial charge in [-0.3, -0.25) is 10.2 Å². The molecule has 0 radical (unpaired) electrons. The molecule has 3 aromatic rings. The average molecular weight is 447 g/mol. The molecular weight excluding hydrogens is 427 g/mol. The molecule has 162 valence electrons. The molecule has 0 unspecified atom stereocenters. The number of rotatable bonds is 6. The van der Waals surface area contributed by atoms with Gasteiger partial charge in [0.15, 0.2) is 0 Å². The number of hydrogen-bond acceptors (Lipinski definition) is 7. The van der Waals surface area contributed by atoms with Gasteiger partial charge in [-0.2, -0.15) is 14.4 Å². The van der Waals surface area contributed by atoms with Crippen molar-refractivity contribution in [2.24, 2.45) is 0 Å². The molecule has 1 heterocycles. The zero-order valence-corrected chi connectivity index (χ0v) is 17.7. The summed E-state index contributed by atoms with van der Waals surface area (Å²) in [5, 5.41) is 17.8. The highest BCUT2D eigenvalue weighted by molar-refractivity contribution is 6.44. The van der Waals surface area contributed by atoms with Gasteiger partial charge in [0.2, 0.25) is 5.82 Å². The lowest BCUT2D eigenvalue weighted by molar-refractivity contribution is -0.114. The lowest BCUT2D eigenvalue weighted by Gasteiger charge is -2.13. The van der Waals surface area contributed by atoms with Crippen molar-refractivity contribution in [2.45, 2.75) is 6.92 Å². The number of carbonyl (C=O) groups is 1. The summed E-state index contributed by atoms with van der Waals surface area (Å²) in [5.41, 5.74) is 0.473. The normalized spacial score (nSPS) is 9.87. The highest BCUT2D eigenvalue weighted by atomic mass is 35.5. The standard InChI is InChI=1S/C20H16ClFN4O3.CH4O/c1-11-13(21)7-5-9-14(11)28-19-16(22)20(26-10-25-19)29-15-8-4-3-6-12(15)17(23)18(27)24-2;1-2/h3-10,23H,1-2H3,(H,24,27);2H,1H3. The number of aliphatic hydroxyl groups excluding tert-OH is 1. The van der Waals surface area contributed by atoms with Crippen LogP contribution in [0.5, 0.6) is 23.3 Å². The largest absolute Gasteiger partial charge is 0.436 e. The van der Waals surface area contributed by atoms with Gasteiger partial charge in [0.25, 0.3) is 17.7 Å². The molecule has 10 heteroatoms. The Bertz CT molecular complexity index is 1090. The number of halogens is 2. The molecule has 0 aliphatic rings. The number of carbonyl (C=O) groups excluding carboxylic acids is 1. The van der Waals surface area contributed by atoms with E-state index in [4.69, 9.17) is 31.6 Å². The molecule has 1 aromatic heterocycles. The fourth-order valence-corrected chi connectivity index (χ4v) is 2.56. The Morgan fingerprint density at radius 3 is 2.29 bits per heavy atom. The Morgan fingerprint density at radius 1 is 1.06 bits per heavy atom. The lowest BCUT2D eigenvalue weighted by Crippen LogP contribution is -2.27. The van der Waals surface area contributed by atoms with E-state index in [1.807, 2.05) is 0 Å². The second-order valence-electron chi connectivity index (χ2n) is 5.82. The van der Waals surface area contributed by atoms with Crippen LogP contribution < -0.4 is 14.8 Å². The predicted octanol–water partition coefficient (Wildman–Crippen LogP) is 3.88. The molecule has 0 atom stereocenters. The third-order valence-electron chi connectivity index (χ3n) is 3.97. The minimum atomic E-state index is -0.937. The first-order chi connectivity index (χ1) is 14.9. The smallest absolute Gasteiger partial charge is 0.269 e. The molecular formula is C21H20ClFN4O4. The topological polar surface area (TPSA) is 117 Å². The molecule has 0 saturated heterocycles. The number of aromatic nitrogens is 2. The first kappa shape index (κ1) is 23.7. The molecule has 0 aliphatic heterocycles. The highest BCUT2D eigenvalue weighted by Crippen LogP contribution is 2.33. The number of likely N-dealkylation sites (N-methyl/N-ethyl adjacent to an activating group) is 1. The van der Waals surface area contributed by atoms with E-state index in [2.05, 4.69) is 15.3 Å². The number of amides is 1. The Balaban J connectivity index is 0.00000166. The molecule has 0 aliphatic carbocycles. The van der Waals surface area contributed by atoms with Crippen LogP contribution in [-0.4, -0.2) is 40.9 Å². The van der Waals surface area contributed by atoms with Gasteiger partial charge in [-0.05, 0) is 31.2 Å². The van der Waals surface area contributed by atoms with Crippen LogP contribution >= 0.6 is 11.6 Å². The van der Waals surface area contributed by atoms with Crippen LogP contribution in [0, 0.1) is 18.2 Å². The molecule has 0 bridgehead atoms. The van der Waals surface area contributed by atoms with E-state index in [9.17, 15) is 9.18 Å². The fraction of sp³-hybridized carbons (Fsp3) is 0.143. The Hall–Kier alpha value is -3.56. The number of ether oxygens (including phenoxy) is 2. The number of aliphatic hydroxyl groups is 1. The molecule has 3 N–H and O–H groups in total. The van der Waals surface area contributed by atoms with E-state index in [1.54, 1.807) is 37.3 Å². The van der Waals surface area contributed by atoms with Crippen LogP contribution in [0.2, 0.25) is 5.02 Å². The zero-order chi connectivity index (χ0) is 23.0. The monoisotopic (exact) mass is 446 g/mol. The fourth-order valence-electron chi connectivity index (χ4n) is 2.40. The maximum atomic E-state index is 14.9. The SMILES string of the molecule is CNC(=O)C(=N)c1ccccc1Oc1ncnc(Oc2cccc(Cl)c2C)c1F.CO. The van der Waals surface area contributed by atoms with Crippen LogP contribution in [0.1, 0.15) is 11.1 Å². The summed E-state index contributed by atoms with van der Waals surface area (Å²) in [6, 6.07) is 11.3. The van der Waals surface area contributed by atoms with Crippen molar-refractivity contribution in [3.63, 3.8) is 0 Å². The van der Waals surface area contributed by atoms with Gasteiger partial charge < -0.3 is 19.9 Å². The van der Waals surface area contributed by atoms with E-state index >= 15 is 0 Å². The minimum absolute atomic E-state index is 0.0867. The Labute approximate surface area is 183 Å². The summed E-state index contributed by atoms with van der Waals surface area (Å²) in [6.07, 6.45) is 1.08. The second-order valence-corrected chi connectivity index (χ2v) is 6.22. The number of benzene rings is 2. The van der Waals surface area contributed by atoms with Crippen LogP contribution in [0.3, 0.4) is 0 Å². The first-order valence-electron chi connectivity index (χ1n) is 8.88. The summed E-state index contributed by atoms with van der Waals surface area (Å²) in [4.78, 5) is 19.4. The van der Waals surface area contributed by atoms with Crippen LogP contribution in [-0.2, 0) is 4.79 Å². The highest BCUT2D eigenvalue weighted by Gasteiger charge is 2.20. The molecule has 0 fully saturated rings. The number of hydrogen-bond donors (Lipinski definition) is 3. The third kappa shape index (κ3) is 5.53. The van der Waals surface area contributed by atoms with E-state index in [0.29, 0.717) is 16.3 Å². The van der Waals surface area contributed by atoms with Crippen LogP contribution in [0.4, 0.5) is 4.39 Å². The van der Waals surface area contributed by atoms with E-state index < -0.39 is 17.6 Å². The number of para-hydroxylation sites is 1. The third-order valence-corrected chi connectivity index (χ3v) is 4.38. The molecule has 3 rings (SSSR count). The number of nitrogens with one attached hydrogen (secondary N) is 2. The predicted molar refractivity (Wildman–Crippen MR) is 114 cm³/mol.